The predicted molar refractivity (Wildman–Crippen MR) is 130 cm³/mol. The molecule has 1 aromatic carbocycles. The van der Waals surface area contributed by atoms with E-state index in [9.17, 15) is 18.4 Å². The number of carbonyl (C=O) groups is 2. The fourth-order valence-corrected chi connectivity index (χ4v) is 3.98. The van der Waals surface area contributed by atoms with E-state index in [0.717, 1.165) is 6.07 Å². The van der Waals surface area contributed by atoms with Crippen LogP contribution in [0.4, 0.5) is 20.2 Å². The van der Waals surface area contributed by atoms with Crippen LogP contribution in [0.15, 0.2) is 54.9 Å². The molecule has 38 heavy (non-hydrogen) atoms. The summed E-state index contributed by atoms with van der Waals surface area (Å²) in [6.45, 7) is 0.745. The van der Waals surface area contributed by atoms with Crippen LogP contribution >= 0.6 is 0 Å². The molecule has 0 atom stereocenters. The fraction of sp³-hybridized carbons (Fsp3) is 0.192. The third-order valence-electron chi connectivity index (χ3n) is 6.18. The maximum Gasteiger partial charge on any atom is 0.257 e. The third-order valence-corrected chi connectivity index (χ3v) is 6.18. The van der Waals surface area contributed by atoms with Crippen molar-refractivity contribution in [1.82, 2.24) is 15.0 Å². The number of halogens is 2. The normalized spacial score (nSPS) is 15.0. The van der Waals surface area contributed by atoms with Crippen LogP contribution in [0.2, 0.25) is 0 Å². The number of ether oxygens (including phenoxy) is 3. The summed E-state index contributed by atoms with van der Waals surface area (Å²) in [4.78, 5) is 38.2. The van der Waals surface area contributed by atoms with E-state index in [1.54, 1.807) is 6.07 Å². The first kappa shape index (κ1) is 23.5. The van der Waals surface area contributed by atoms with Crippen molar-refractivity contribution < 1.29 is 32.6 Å². The van der Waals surface area contributed by atoms with Crippen LogP contribution < -0.4 is 24.8 Å². The number of rotatable bonds is 6. The summed E-state index contributed by atoms with van der Waals surface area (Å²) in [7, 11) is 0. The monoisotopic (exact) mass is 519 g/mol. The van der Waals surface area contributed by atoms with Crippen LogP contribution in [-0.4, -0.2) is 40.0 Å². The Bertz CT molecular complexity index is 1580. The molecular weight excluding hydrogens is 500 g/mol. The van der Waals surface area contributed by atoms with Crippen LogP contribution in [0.3, 0.4) is 0 Å². The van der Waals surface area contributed by atoms with Crippen molar-refractivity contribution in [2.75, 3.05) is 23.8 Å². The van der Waals surface area contributed by atoms with E-state index >= 15 is 0 Å². The maximum absolute atomic E-state index is 14.9. The minimum atomic E-state index is -1.30. The number of benzene rings is 1. The molecule has 192 valence electrons. The second kappa shape index (κ2) is 9.21. The minimum Gasteiger partial charge on any atom is -0.484 e. The molecule has 0 saturated heterocycles. The van der Waals surface area contributed by atoms with Crippen molar-refractivity contribution >= 4 is 34.2 Å². The first-order valence-electron chi connectivity index (χ1n) is 11.7. The Morgan fingerprint density at radius 3 is 2.39 bits per heavy atom. The summed E-state index contributed by atoms with van der Waals surface area (Å²) >= 11 is 0. The molecular formula is C26H19F2N5O5. The average Bonchev–Trinajstić information content (AvgIpc) is 3.73. The molecule has 1 aliphatic heterocycles. The summed E-state index contributed by atoms with van der Waals surface area (Å²) in [5.41, 5.74) is -0.0876. The quantitative estimate of drug-likeness (QED) is 0.363. The second-order valence-electron chi connectivity index (χ2n) is 8.78. The molecule has 0 radical (unpaired) electrons. The molecule has 4 heterocycles. The van der Waals surface area contributed by atoms with Crippen LogP contribution in [0.25, 0.3) is 11.0 Å². The Morgan fingerprint density at radius 1 is 0.921 bits per heavy atom. The van der Waals surface area contributed by atoms with E-state index in [2.05, 4.69) is 25.6 Å². The molecule has 1 saturated carbocycles. The van der Waals surface area contributed by atoms with Gasteiger partial charge in [-0.25, -0.2) is 18.7 Å². The van der Waals surface area contributed by atoms with E-state index in [4.69, 9.17) is 14.2 Å². The van der Waals surface area contributed by atoms with Gasteiger partial charge in [0.05, 0.1) is 17.4 Å². The molecule has 2 N–H and O–H groups in total. The summed E-state index contributed by atoms with van der Waals surface area (Å²) in [5.74, 6) is -1.81. The van der Waals surface area contributed by atoms with Gasteiger partial charge in [-0.05, 0) is 37.1 Å². The van der Waals surface area contributed by atoms with Crippen molar-refractivity contribution in [3.05, 3.63) is 66.5 Å². The first-order chi connectivity index (χ1) is 18.4. The van der Waals surface area contributed by atoms with Crippen molar-refractivity contribution in [1.29, 1.82) is 0 Å². The molecule has 3 aromatic heterocycles. The minimum absolute atomic E-state index is 0.0537. The van der Waals surface area contributed by atoms with Gasteiger partial charge in [0, 0.05) is 30.1 Å². The molecule has 12 heteroatoms. The topological polar surface area (TPSA) is 125 Å². The summed E-state index contributed by atoms with van der Waals surface area (Å²) in [6, 6.07) is 9.42. The smallest absolute Gasteiger partial charge is 0.257 e. The Kier molecular flexibility index (Phi) is 5.70. The Labute approximate surface area is 214 Å². The number of nitrogens with zero attached hydrogens (tertiary/aromatic N) is 3. The van der Waals surface area contributed by atoms with Crippen LogP contribution in [0, 0.1) is 17.0 Å². The Balaban J connectivity index is 1.17. The highest BCUT2D eigenvalue weighted by Gasteiger charge is 2.56. The summed E-state index contributed by atoms with van der Waals surface area (Å²) in [6.07, 6.45) is 3.35. The van der Waals surface area contributed by atoms with E-state index in [0.29, 0.717) is 48.5 Å². The Morgan fingerprint density at radius 2 is 1.66 bits per heavy atom. The number of hydrogen-bond acceptors (Lipinski definition) is 8. The van der Waals surface area contributed by atoms with Gasteiger partial charge in [-0.3, -0.25) is 14.6 Å². The van der Waals surface area contributed by atoms with Gasteiger partial charge in [-0.2, -0.15) is 0 Å². The van der Waals surface area contributed by atoms with Crippen molar-refractivity contribution in [3.8, 4) is 23.3 Å². The average molecular weight is 519 g/mol. The van der Waals surface area contributed by atoms with Gasteiger partial charge >= 0.3 is 0 Å². The second-order valence-corrected chi connectivity index (χ2v) is 8.78. The number of amides is 2. The lowest BCUT2D eigenvalue weighted by atomic mass is 10.0. The molecule has 2 amide bonds. The highest BCUT2D eigenvalue weighted by Crippen LogP contribution is 2.47. The lowest BCUT2D eigenvalue weighted by Crippen LogP contribution is -2.35. The summed E-state index contributed by atoms with van der Waals surface area (Å²) in [5, 5.41) is 5.16. The number of fused-ring (bicyclic) bond motifs is 2. The molecule has 6 rings (SSSR count). The van der Waals surface area contributed by atoms with E-state index in [1.165, 1.54) is 42.7 Å². The zero-order chi connectivity index (χ0) is 26.3. The lowest BCUT2D eigenvalue weighted by Gasteiger charge is -2.18. The Hall–Kier alpha value is -4.87. The van der Waals surface area contributed by atoms with Gasteiger partial charge < -0.3 is 24.8 Å². The van der Waals surface area contributed by atoms with E-state index in [1.807, 2.05) is 0 Å². The van der Waals surface area contributed by atoms with Gasteiger partial charge in [-0.1, -0.05) is 0 Å². The van der Waals surface area contributed by atoms with Crippen LogP contribution in [0.1, 0.15) is 12.8 Å². The van der Waals surface area contributed by atoms with Gasteiger partial charge in [-0.15, -0.1) is 0 Å². The standard InChI is InChI=1S/C26H19F2N5O5/c27-14-1-3-15(4-2-14)31-24(34)26(6-7-26)25(35)32-16-11-17(28)22(30-13-16)38-19-5-8-29-18-12-20-23(33-21(18)19)37-10-9-36-20/h1-5,8,11-13H,6-7,9-10H2,(H,31,34)(H,32,35). The molecule has 1 fully saturated rings. The third kappa shape index (κ3) is 4.40. The van der Waals surface area contributed by atoms with Gasteiger partial charge in [0.2, 0.25) is 11.8 Å². The fourth-order valence-electron chi connectivity index (χ4n) is 3.98. The number of carbonyl (C=O) groups excluding carboxylic acids is 2. The number of anilines is 2. The van der Waals surface area contributed by atoms with Gasteiger partial charge in [0.15, 0.2) is 17.3 Å². The maximum atomic E-state index is 14.9. The molecule has 0 unspecified atom stereocenters. The van der Waals surface area contributed by atoms with Gasteiger partial charge in [0.1, 0.15) is 30.0 Å². The SMILES string of the molecule is O=C(Nc1ccc(F)cc1)C1(C(=O)Nc2cnc(Oc3ccnc4cc5c(nc34)OCCO5)c(F)c2)CC1. The number of hydrogen-bond donors (Lipinski definition) is 2. The van der Waals surface area contributed by atoms with Crippen molar-refractivity contribution in [3.63, 3.8) is 0 Å². The predicted octanol–water partition coefficient (Wildman–Crippen LogP) is 4.22. The van der Waals surface area contributed by atoms with Gasteiger partial charge in [0.25, 0.3) is 11.8 Å². The molecule has 4 aromatic rings. The van der Waals surface area contributed by atoms with Crippen LogP contribution in [-0.2, 0) is 9.59 Å². The number of pyridine rings is 3. The first-order valence-corrected chi connectivity index (χ1v) is 11.7. The van der Waals surface area contributed by atoms with Crippen molar-refractivity contribution in [2.45, 2.75) is 12.8 Å². The molecule has 2 aliphatic rings. The van der Waals surface area contributed by atoms with Crippen molar-refractivity contribution in [2.24, 2.45) is 5.41 Å². The number of aromatic nitrogens is 3. The van der Waals surface area contributed by atoms with E-state index in [-0.39, 0.29) is 23.2 Å². The molecule has 10 nitrogen and oxygen atoms in total. The lowest BCUT2D eigenvalue weighted by molar-refractivity contribution is -0.131. The highest BCUT2D eigenvalue weighted by molar-refractivity contribution is 6.16. The molecule has 1 aliphatic carbocycles. The summed E-state index contributed by atoms with van der Waals surface area (Å²) < 4.78 is 44.7. The zero-order valence-electron chi connectivity index (χ0n) is 19.7. The van der Waals surface area contributed by atoms with Crippen LogP contribution in [0.5, 0.6) is 23.3 Å². The zero-order valence-corrected chi connectivity index (χ0v) is 19.7. The molecule has 0 spiro atoms. The van der Waals surface area contributed by atoms with E-state index < -0.39 is 28.9 Å². The largest absolute Gasteiger partial charge is 0.484 e. The molecule has 0 bridgehead atoms. The number of nitrogens with one attached hydrogen (secondary N) is 2. The highest BCUT2D eigenvalue weighted by atomic mass is 19.1.